The second kappa shape index (κ2) is 8.68. The number of nitrogens with one attached hydrogen (secondary N) is 1. The molecule has 1 unspecified atom stereocenters. The number of hydrogen-bond donors (Lipinski definition) is 2. The predicted octanol–water partition coefficient (Wildman–Crippen LogP) is 2.73. The molecule has 3 N–H and O–H groups in total. The highest BCUT2D eigenvalue weighted by Gasteiger charge is 2.09. The minimum absolute atomic E-state index is 0. The first-order chi connectivity index (χ1) is 7.99. The molecular weight excluding hydrogens is 359 g/mol. The summed E-state index contributed by atoms with van der Waals surface area (Å²) in [7, 11) is 0. The summed E-state index contributed by atoms with van der Waals surface area (Å²) in [5.74, 6) is 1.43. The Bertz CT molecular complexity index is 376. The third-order valence-corrected chi connectivity index (χ3v) is 3.47. The molecule has 0 bridgehead atoms. The maximum atomic E-state index is 5.78. The third-order valence-electron chi connectivity index (χ3n) is 2.27. The van der Waals surface area contributed by atoms with Crippen LogP contribution in [0, 0.1) is 12.8 Å². The molecular formula is C12H23IN4S. The van der Waals surface area contributed by atoms with E-state index in [2.05, 4.69) is 41.4 Å². The molecule has 0 aromatic carbocycles. The molecule has 1 rings (SSSR count). The van der Waals surface area contributed by atoms with E-state index in [-0.39, 0.29) is 24.0 Å². The molecule has 6 heteroatoms. The highest BCUT2D eigenvalue weighted by atomic mass is 127. The van der Waals surface area contributed by atoms with Crippen molar-refractivity contribution in [2.24, 2.45) is 16.6 Å². The number of aryl methyl sites for hydroxylation is 1. The van der Waals surface area contributed by atoms with Crippen molar-refractivity contribution >= 4 is 41.3 Å². The number of aromatic nitrogens is 1. The lowest BCUT2D eigenvalue weighted by molar-refractivity contribution is 0.656. The lowest BCUT2D eigenvalue weighted by Gasteiger charge is -2.11. The molecule has 4 nitrogen and oxygen atoms in total. The van der Waals surface area contributed by atoms with Gasteiger partial charge in [0.1, 0.15) is 0 Å². The van der Waals surface area contributed by atoms with E-state index < -0.39 is 0 Å². The number of nitrogens with zero attached hydrogens (tertiary/aromatic N) is 2. The molecule has 0 aliphatic rings. The zero-order valence-electron chi connectivity index (χ0n) is 11.4. The Balaban J connectivity index is 0.00000289. The summed E-state index contributed by atoms with van der Waals surface area (Å²) in [6.07, 6.45) is 0. The third kappa shape index (κ3) is 6.53. The molecule has 18 heavy (non-hydrogen) atoms. The van der Waals surface area contributed by atoms with Gasteiger partial charge in [0.25, 0.3) is 0 Å². The van der Waals surface area contributed by atoms with E-state index in [0.717, 1.165) is 23.8 Å². The van der Waals surface area contributed by atoms with Crippen molar-refractivity contribution < 1.29 is 0 Å². The van der Waals surface area contributed by atoms with E-state index in [4.69, 9.17) is 5.73 Å². The normalized spacial score (nSPS) is 13.3. The monoisotopic (exact) mass is 382 g/mol. The molecule has 0 spiro atoms. The Labute approximate surface area is 131 Å². The number of hydrogen-bond acceptors (Lipinski definition) is 3. The number of halogens is 1. The van der Waals surface area contributed by atoms with Gasteiger partial charge in [0.05, 0.1) is 5.01 Å². The van der Waals surface area contributed by atoms with E-state index in [1.807, 2.05) is 6.92 Å². The number of nitrogens with two attached hydrogens (primary N) is 1. The van der Waals surface area contributed by atoms with E-state index in [1.54, 1.807) is 11.3 Å². The second-order valence-corrected chi connectivity index (χ2v) is 5.62. The van der Waals surface area contributed by atoms with Crippen molar-refractivity contribution in [2.45, 2.75) is 33.6 Å². The molecule has 1 aromatic heterocycles. The first-order valence-corrected chi connectivity index (χ1v) is 6.82. The average molecular weight is 382 g/mol. The van der Waals surface area contributed by atoms with Crippen LogP contribution in [0.4, 0.5) is 0 Å². The maximum Gasteiger partial charge on any atom is 0.188 e. The fraction of sp³-hybridized carbons (Fsp3) is 0.667. The highest BCUT2D eigenvalue weighted by Crippen LogP contribution is 2.18. The van der Waals surface area contributed by atoms with Crippen LogP contribution in [0.1, 0.15) is 37.4 Å². The number of thiazole rings is 1. The van der Waals surface area contributed by atoms with Gasteiger partial charge in [0.2, 0.25) is 0 Å². The topological polar surface area (TPSA) is 63.3 Å². The van der Waals surface area contributed by atoms with Crippen LogP contribution in [0.5, 0.6) is 0 Å². The molecule has 0 saturated heterocycles. The van der Waals surface area contributed by atoms with Crippen LogP contribution in [0.25, 0.3) is 0 Å². The van der Waals surface area contributed by atoms with Gasteiger partial charge in [-0.2, -0.15) is 0 Å². The molecule has 1 aromatic rings. The fourth-order valence-corrected chi connectivity index (χ4v) is 2.14. The summed E-state index contributed by atoms with van der Waals surface area (Å²) >= 11 is 1.70. The van der Waals surface area contributed by atoms with Crippen LogP contribution in [0.2, 0.25) is 0 Å². The van der Waals surface area contributed by atoms with Crippen LogP contribution < -0.4 is 11.1 Å². The molecule has 0 fully saturated rings. The van der Waals surface area contributed by atoms with Crippen LogP contribution in [0.3, 0.4) is 0 Å². The zero-order valence-corrected chi connectivity index (χ0v) is 14.6. The molecule has 0 saturated carbocycles. The van der Waals surface area contributed by atoms with Gasteiger partial charge in [-0.05, 0) is 12.8 Å². The van der Waals surface area contributed by atoms with Gasteiger partial charge in [-0.25, -0.2) is 4.98 Å². The van der Waals surface area contributed by atoms with Crippen LogP contribution in [-0.2, 0) is 0 Å². The Morgan fingerprint density at radius 1 is 1.50 bits per heavy atom. The number of guanidine groups is 1. The standard InChI is InChI=1S/C12H22N4S.HI/c1-8(2)5-14-12(13)15-6-9(3)11-16-10(4)7-17-11;/h7-9H,5-6H2,1-4H3,(H3,13,14,15);1H. The van der Waals surface area contributed by atoms with Crippen molar-refractivity contribution in [1.29, 1.82) is 0 Å². The smallest absolute Gasteiger partial charge is 0.188 e. The predicted molar refractivity (Wildman–Crippen MR) is 90.0 cm³/mol. The Morgan fingerprint density at radius 2 is 2.17 bits per heavy atom. The number of rotatable bonds is 5. The summed E-state index contributed by atoms with van der Waals surface area (Å²) in [6, 6.07) is 0. The van der Waals surface area contributed by atoms with Gasteiger partial charge in [-0.3, -0.25) is 4.99 Å². The maximum absolute atomic E-state index is 5.78. The van der Waals surface area contributed by atoms with Crippen molar-refractivity contribution in [1.82, 2.24) is 10.3 Å². The summed E-state index contributed by atoms with van der Waals surface area (Å²) in [6.45, 7) is 9.94. The molecule has 0 amide bonds. The molecule has 0 aliphatic heterocycles. The first kappa shape index (κ1) is 17.6. The first-order valence-electron chi connectivity index (χ1n) is 5.95. The van der Waals surface area contributed by atoms with Crippen LogP contribution >= 0.6 is 35.3 Å². The summed E-state index contributed by atoms with van der Waals surface area (Å²) in [4.78, 5) is 8.72. The largest absolute Gasteiger partial charge is 0.370 e. The molecule has 0 aliphatic carbocycles. The van der Waals surface area contributed by atoms with Crippen LogP contribution in [-0.4, -0.2) is 24.0 Å². The lowest BCUT2D eigenvalue weighted by atomic mass is 10.2. The van der Waals surface area contributed by atoms with Gasteiger partial charge < -0.3 is 11.1 Å². The second-order valence-electron chi connectivity index (χ2n) is 4.73. The van der Waals surface area contributed by atoms with E-state index in [0.29, 0.717) is 17.8 Å². The summed E-state index contributed by atoms with van der Waals surface area (Å²) in [5.41, 5.74) is 6.86. The van der Waals surface area contributed by atoms with Crippen molar-refractivity contribution in [3.8, 4) is 0 Å². The summed E-state index contributed by atoms with van der Waals surface area (Å²) in [5, 5.41) is 6.36. The molecule has 1 heterocycles. The van der Waals surface area contributed by atoms with Crippen molar-refractivity contribution in [3.63, 3.8) is 0 Å². The minimum atomic E-state index is 0. The minimum Gasteiger partial charge on any atom is -0.370 e. The SMILES string of the molecule is Cc1csc(C(C)CNC(N)=NCC(C)C)n1.I. The van der Waals surface area contributed by atoms with E-state index >= 15 is 0 Å². The lowest BCUT2D eigenvalue weighted by Crippen LogP contribution is -2.34. The van der Waals surface area contributed by atoms with Crippen LogP contribution in [0.15, 0.2) is 10.4 Å². The quantitative estimate of drug-likeness (QED) is 0.468. The zero-order chi connectivity index (χ0) is 12.8. The fourth-order valence-electron chi connectivity index (χ4n) is 1.28. The number of aliphatic imine (C=N–C) groups is 1. The van der Waals surface area contributed by atoms with Crippen molar-refractivity contribution in [3.05, 3.63) is 16.1 Å². The van der Waals surface area contributed by atoms with Crippen molar-refractivity contribution in [2.75, 3.05) is 13.1 Å². The Morgan fingerprint density at radius 3 is 2.67 bits per heavy atom. The van der Waals surface area contributed by atoms with Gasteiger partial charge >= 0.3 is 0 Å². The summed E-state index contributed by atoms with van der Waals surface area (Å²) < 4.78 is 0. The average Bonchev–Trinajstić information content (AvgIpc) is 2.70. The molecule has 1 atom stereocenters. The van der Waals surface area contributed by atoms with Gasteiger partial charge in [-0.1, -0.05) is 20.8 Å². The van der Waals surface area contributed by atoms with E-state index in [9.17, 15) is 0 Å². The van der Waals surface area contributed by atoms with Gasteiger partial charge in [0.15, 0.2) is 5.96 Å². The highest BCUT2D eigenvalue weighted by molar-refractivity contribution is 14.0. The Kier molecular flexibility index (Phi) is 8.51. The van der Waals surface area contributed by atoms with Gasteiger partial charge in [0, 0.05) is 30.1 Å². The van der Waals surface area contributed by atoms with Gasteiger partial charge in [-0.15, -0.1) is 35.3 Å². The molecule has 104 valence electrons. The Hall–Kier alpha value is -0.370. The van der Waals surface area contributed by atoms with E-state index in [1.165, 1.54) is 0 Å². The molecule has 0 radical (unpaired) electrons.